The van der Waals surface area contributed by atoms with Crippen molar-refractivity contribution in [2.75, 3.05) is 6.54 Å². The van der Waals surface area contributed by atoms with Gasteiger partial charge < -0.3 is 9.67 Å². The maximum Gasteiger partial charge on any atom is 0.323 e. The summed E-state index contributed by atoms with van der Waals surface area (Å²) in [5.74, 6) is -1.77. The van der Waals surface area contributed by atoms with Crippen LogP contribution in [0.4, 0.5) is 4.79 Å². The van der Waals surface area contributed by atoms with Crippen molar-refractivity contribution in [3.8, 4) is 0 Å². The summed E-state index contributed by atoms with van der Waals surface area (Å²) in [4.78, 5) is 35.8. The lowest BCUT2D eigenvalue weighted by Crippen LogP contribution is -2.33. The number of thioether (sulfide) groups is 1. The minimum Gasteiger partial charge on any atom is -0.480 e. The number of carbonyl (C=O) groups excluding carboxylic acids is 2. The second-order valence-corrected chi connectivity index (χ2v) is 6.04. The van der Waals surface area contributed by atoms with Gasteiger partial charge in [-0.15, -0.1) is 0 Å². The predicted octanol–water partition coefficient (Wildman–Crippen LogP) is 2.78. The summed E-state index contributed by atoms with van der Waals surface area (Å²) in [5.41, 5.74) is 1.88. The van der Waals surface area contributed by atoms with Crippen molar-refractivity contribution in [1.82, 2.24) is 9.47 Å². The Morgan fingerprint density at radius 3 is 2.74 bits per heavy atom. The number of nitrogens with zero attached hydrogens (tertiary/aromatic N) is 2. The number of aryl methyl sites for hydroxylation is 1. The first-order valence-corrected chi connectivity index (χ1v) is 7.88. The molecule has 2 heterocycles. The van der Waals surface area contributed by atoms with Gasteiger partial charge in [-0.05, 0) is 30.8 Å². The molecule has 1 saturated heterocycles. The summed E-state index contributed by atoms with van der Waals surface area (Å²) >= 11 is 0.770. The maximum absolute atomic E-state index is 12.2. The molecule has 1 aliphatic heterocycles. The molecule has 0 aliphatic carbocycles. The largest absolute Gasteiger partial charge is 0.480 e. The molecular formula is C16H14N2O4S. The van der Waals surface area contributed by atoms with Crippen LogP contribution in [0.1, 0.15) is 12.5 Å². The van der Waals surface area contributed by atoms with Crippen molar-refractivity contribution in [3.63, 3.8) is 0 Å². The molecule has 0 atom stereocenters. The Hall–Kier alpha value is -2.54. The molecule has 1 fully saturated rings. The van der Waals surface area contributed by atoms with Gasteiger partial charge in [-0.25, -0.2) is 0 Å². The Labute approximate surface area is 136 Å². The van der Waals surface area contributed by atoms with E-state index >= 15 is 0 Å². The van der Waals surface area contributed by atoms with Crippen molar-refractivity contribution in [1.29, 1.82) is 0 Å². The van der Waals surface area contributed by atoms with E-state index in [-0.39, 0.29) is 4.91 Å². The topological polar surface area (TPSA) is 79.6 Å². The van der Waals surface area contributed by atoms with Crippen molar-refractivity contribution in [3.05, 3.63) is 40.9 Å². The van der Waals surface area contributed by atoms with E-state index in [0.717, 1.165) is 39.7 Å². The molecule has 3 rings (SSSR count). The van der Waals surface area contributed by atoms with E-state index in [4.69, 9.17) is 5.11 Å². The third kappa shape index (κ3) is 2.75. The van der Waals surface area contributed by atoms with Gasteiger partial charge in [-0.3, -0.25) is 19.3 Å². The molecular weight excluding hydrogens is 316 g/mol. The van der Waals surface area contributed by atoms with E-state index < -0.39 is 23.7 Å². The molecule has 7 heteroatoms. The van der Waals surface area contributed by atoms with Crippen LogP contribution in [0.5, 0.6) is 0 Å². The zero-order valence-corrected chi connectivity index (χ0v) is 13.2. The van der Waals surface area contributed by atoms with Crippen LogP contribution in [-0.4, -0.2) is 38.2 Å². The normalized spacial score (nSPS) is 16.7. The molecule has 0 spiro atoms. The van der Waals surface area contributed by atoms with Gasteiger partial charge in [0, 0.05) is 29.2 Å². The van der Waals surface area contributed by atoms with Crippen LogP contribution in [0, 0.1) is 0 Å². The molecule has 0 radical (unpaired) electrons. The standard InChI is InChI=1S/C16H14N2O4S/c1-2-17-8-10(11-5-3-4-6-12(11)17)7-13-15(21)18(9-14(19)20)16(22)23-13/h3-8H,2,9H2,1H3,(H,19,20)/b13-7+. The SMILES string of the molecule is CCn1cc(/C=C2/SC(=O)N(CC(=O)O)C2=O)c2ccccc21. The number of carboxylic acid groups (broad SMARTS) is 1. The Kier molecular flexibility index (Phi) is 3.96. The van der Waals surface area contributed by atoms with Gasteiger partial charge in [0.2, 0.25) is 0 Å². The van der Waals surface area contributed by atoms with Crippen molar-refractivity contribution in [2.45, 2.75) is 13.5 Å². The van der Waals surface area contributed by atoms with Crippen LogP contribution >= 0.6 is 11.8 Å². The second-order valence-electron chi connectivity index (χ2n) is 5.05. The summed E-state index contributed by atoms with van der Waals surface area (Å²) in [6, 6.07) is 7.80. The third-order valence-corrected chi connectivity index (χ3v) is 4.52. The molecule has 1 N–H and O–H groups in total. The van der Waals surface area contributed by atoms with Crippen molar-refractivity contribution < 1.29 is 19.5 Å². The van der Waals surface area contributed by atoms with Gasteiger partial charge in [0.25, 0.3) is 11.1 Å². The number of hydrogen-bond acceptors (Lipinski definition) is 4. The molecule has 1 aromatic carbocycles. The monoisotopic (exact) mass is 330 g/mol. The number of benzene rings is 1. The number of hydrogen-bond donors (Lipinski definition) is 1. The first-order chi connectivity index (χ1) is 11.0. The van der Waals surface area contributed by atoms with Gasteiger partial charge >= 0.3 is 5.97 Å². The molecule has 2 amide bonds. The zero-order valence-electron chi connectivity index (χ0n) is 12.4. The predicted molar refractivity (Wildman–Crippen MR) is 87.9 cm³/mol. The fourth-order valence-electron chi connectivity index (χ4n) is 2.56. The molecule has 0 saturated carbocycles. The van der Waals surface area contributed by atoms with Crippen LogP contribution in [0.3, 0.4) is 0 Å². The van der Waals surface area contributed by atoms with Gasteiger partial charge in [0.15, 0.2) is 0 Å². The highest BCUT2D eigenvalue weighted by atomic mass is 32.2. The quantitative estimate of drug-likeness (QED) is 0.872. The molecule has 0 unspecified atom stereocenters. The summed E-state index contributed by atoms with van der Waals surface area (Å²) in [5, 5.41) is 9.22. The minimum absolute atomic E-state index is 0.246. The lowest BCUT2D eigenvalue weighted by molar-refractivity contribution is -0.140. The van der Waals surface area contributed by atoms with Gasteiger partial charge in [0.1, 0.15) is 6.54 Å². The lowest BCUT2D eigenvalue weighted by atomic mass is 10.1. The van der Waals surface area contributed by atoms with Gasteiger partial charge in [-0.2, -0.15) is 0 Å². The Morgan fingerprint density at radius 2 is 2.04 bits per heavy atom. The highest BCUT2D eigenvalue weighted by Crippen LogP contribution is 2.33. The summed E-state index contributed by atoms with van der Waals surface area (Å²) in [6.45, 7) is 2.20. The average Bonchev–Trinajstić information content (AvgIpc) is 3.00. The third-order valence-electron chi connectivity index (χ3n) is 3.61. The number of para-hydroxylation sites is 1. The molecule has 1 aromatic heterocycles. The number of aromatic nitrogens is 1. The number of aliphatic carboxylic acids is 1. The smallest absolute Gasteiger partial charge is 0.323 e. The minimum atomic E-state index is -1.21. The molecule has 1 aliphatic rings. The van der Waals surface area contributed by atoms with E-state index in [9.17, 15) is 14.4 Å². The number of amides is 2. The number of carbonyl (C=O) groups is 3. The zero-order chi connectivity index (χ0) is 16.6. The van der Waals surface area contributed by atoms with Crippen LogP contribution in [-0.2, 0) is 16.1 Å². The van der Waals surface area contributed by atoms with E-state index in [0.29, 0.717) is 0 Å². The first-order valence-electron chi connectivity index (χ1n) is 7.06. The highest BCUT2D eigenvalue weighted by molar-refractivity contribution is 8.18. The van der Waals surface area contributed by atoms with Crippen LogP contribution < -0.4 is 0 Å². The Morgan fingerprint density at radius 1 is 1.30 bits per heavy atom. The summed E-state index contributed by atoms with van der Waals surface area (Å²) < 4.78 is 2.06. The van der Waals surface area contributed by atoms with Crippen LogP contribution in [0.15, 0.2) is 35.4 Å². The fourth-order valence-corrected chi connectivity index (χ4v) is 3.39. The number of rotatable bonds is 4. The van der Waals surface area contributed by atoms with E-state index in [1.807, 2.05) is 37.4 Å². The first kappa shape index (κ1) is 15.4. The molecule has 23 heavy (non-hydrogen) atoms. The van der Waals surface area contributed by atoms with E-state index in [1.165, 1.54) is 0 Å². The number of carboxylic acids is 1. The Bertz CT molecular complexity index is 853. The van der Waals surface area contributed by atoms with Gasteiger partial charge in [-0.1, -0.05) is 18.2 Å². The summed E-state index contributed by atoms with van der Waals surface area (Å²) in [6.07, 6.45) is 3.58. The van der Waals surface area contributed by atoms with Crippen LogP contribution in [0.25, 0.3) is 17.0 Å². The lowest BCUT2D eigenvalue weighted by Gasteiger charge is -2.07. The van der Waals surface area contributed by atoms with Gasteiger partial charge in [0.05, 0.1) is 4.91 Å². The van der Waals surface area contributed by atoms with Crippen molar-refractivity contribution in [2.24, 2.45) is 0 Å². The molecule has 118 valence electrons. The Balaban J connectivity index is 2.01. The number of imide groups is 1. The van der Waals surface area contributed by atoms with E-state index in [2.05, 4.69) is 4.57 Å². The molecule has 0 bridgehead atoms. The second kappa shape index (κ2) is 5.92. The van der Waals surface area contributed by atoms with Crippen LogP contribution in [0.2, 0.25) is 0 Å². The number of fused-ring (bicyclic) bond motifs is 1. The fraction of sp³-hybridized carbons (Fsp3) is 0.188. The molecule has 2 aromatic rings. The molecule has 6 nitrogen and oxygen atoms in total. The summed E-state index contributed by atoms with van der Waals surface area (Å²) in [7, 11) is 0. The maximum atomic E-state index is 12.2. The van der Waals surface area contributed by atoms with E-state index in [1.54, 1.807) is 6.08 Å². The van der Waals surface area contributed by atoms with Crippen molar-refractivity contribution >= 4 is 45.9 Å². The average molecular weight is 330 g/mol. The highest BCUT2D eigenvalue weighted by Gasteiger charge is 2.36.